The van der Waals surface area contributed by atoms with Crippen molar-refractivity contribution in [3.8, 4) is 23.2 Å². The van der Waals surface area contributed by atoms with E-state index >= 15 is 0 Å². The van der Waals surface area contributed by atoms with E-state index in [0.717, 1.165) is 22.2 Å². The van der Waals surface area contributed by atoms with Crippen LogP contribution in [0, 0.1) is 6.92 Å². The van der Waals surface area contributed by atoms with Crippen LogP contribution in [0.4, 0.5) is 17.6 Å². The minimum Gasteiger partial charge on any atom is -0.493 e. The summed E-state index contributed by atoms with van der Waals surface area (Å²) in [5, 5.41) is 7.34. The maximum atomic E-state index is 6.13. The van der Waals surface area contributed by atoms with Crippen molar-refractivity contribution in [1.29, 1.82) is 0 Å². The lowest BCUT2D eigenvalue weighted by molar-refractivity contribution is 0.324. The van der Waals surface area contributed by atoms with Crippen LogP contribution < -0.4 is 24.8 Å². The average Bonchev–Trinajstić information content (AvgIpc) is 3.30. The van der Waals surface area contributed by atoms with E-state index < -0.39 is 0 Å². The Morgan fingerprint density at radius 2 is 1.66 bits per heavy atom. The van der Waals surface area contributed by atoms with Crippen molar-refractivity contribution in [1.82, 2.24) is 24.5 Å². The fraction of sp³-hybridized carbons (Fsp3) is 0.185. The molecule has 0 atom stereocenters. The molecule has 0 aliphatic rings. The summed E-state index contributed by atoms with van der Waals surface area (Å²) in [6, 6.07) is 17.2. The van der Waals surface area contributed by atoms with Crippen molar-refractivity contribution in [3.05, 3.63) is 77.1 Å². The first-order chi connectivity index (χ1) is 18.5. The summed E-state index contributed by atoms with van der Waals surface area (Å²) in [6.45, 7) is 2.58. The quantitative estimate of drug-likeness (QED) is 0.253. The topological polar surface area (TPSA) is 108 Å². The third-order valence-corrected chi connectivity index (χ3v) is 6.22. The fourth-order valence-corrected chi connectivity index (χ4v) is 4.34. The molecule has 11 heteroatoms. The molecule has 2 aromatic heterocycles. The number of halogens is 1. The van der Waals surface area contributed by atoms with Crippen molar-refractivity contribution in [3.63, 3.8) is 0 Å². The summed E-state index contributed by atoms with van der Waals surface area (Å²) < 4.78 is 18.2. The molecule has 38 heavy (non-hydrogen) atoms. The Morgan fingerprint density at radius 3 is 2.37 bits per heavy atom. The molecule has 5 rings (SSSR count). The van der Waals surface area contributed by atoms with E-state index in [1.807, 2.05) is 54.0 Å². The molecule has 0 unspecified atom stereocenters. The standard InChI is InChI=1S/C27H26ClN7O3/c1-16-11-18(28)10-9-17(16)14-29-26-33-20-7-5-6-8-21(20)35(26)27-31-15-30-25(34-27)32-19-12-22(36-2)24(38-4)23(13-19)37-3/h5-13,15H,14H2,1-4H3,(H,29,33)(H,30,31,32,34). The van der Waals surface area contributed by atoms with Crippen molar-refractivity contribution in [2.24, 2.45) is 0 Å². The Morgan fingerprint density at radius 1 is 0.895 bits per heavy atom. The van der Waals surface area contributed by atoms with Crippen molar-refractivity contribution < 1.29 is 14.2 Å². The first kappa shape index (κ1) is 25.1. The van der Waals surface area contributed by atoms with E-state index in [9.17, 15) is 0 Å². The zero-order valence-corrected chi connectivity index (χ0v) is 22.1. The van der Waals surface area contributed by atoms with Gasteiger partial charge >= 0.3 is 0 Å². The number of para-hydroxylation sites is 2. The van der Waals surface area contributed by atoms with Gasteiger partial charge in [0, 0.05) is 29.4 Å². The van der Waals surface area contributed by atoms with Gasteiger partial charge in [-0.15, -0.1) is 0 Å². The predicted octanol–water partition coefficient (Wildman–Crippen LogP) is 5.55. The maximum absolute atomic E-state index is 6.13. The molecule has 0 fully saturated rings. The van der Waals surface area contributed by atoms with Crippen LogP contribution in [0.25, 0.3) is 17.0 Å². The van der Waals surface area contributed by atoms with Crippen molar-refractivity contribution in [2.75, 3.05) is 32.0 Å². The van der Waals surface area contributed by atoms with Crippen LogP contribution in [0.5, 0.6) is 17.2 Å². The second-order valence-electron chi connectivity index (χ2n) is 8.33. The number of aromatic nitrogens is 5. The van der Waals surface area contributed by atoms with Crippen LogP contribution in [-0.2, 0) is 6.54 Å². The van der Waals surface area contributed by atoms with Gasteiger partial charge in [-0.25, -0.2) is 19.5 Å². The maximum Gasteiger partial charge on any atom is 0.241 e. The molecule has 10 nitrogen and oxygen atoms in total. The van der Waals surface area contributed by atoms with E-state index in [2.05, 4.69) is 25.6 Å². The molecule has 2 heterocycles. The Balaban J connectivity index is 1.50. The first-order valence-electron chi connectivity index (χ1n) is 11.7. The molecular formula is C27H26ClN7O3. The number of imidazole rings is 1. The molecule has 3 aromatic carbocycles. The molecule has 0 aliphatic carbocycles. The van der Waals surface area contributed by atoms with E-state index in [1.165, 1.54) is 6.33 Å². The van der Waals surface area contributed by atoms with Gasteiger partial charge in [0.2, 0.25) is 23.6 Å². The van der Waals surface area contributed by atoms with Crippen LogP contribution in [-0.4, -0.2) is 45.8 Å². The van der Waals surface area contributed by atoms with Gasteiger partial charge in [-0.1, -0.05) is 29.8 Å². The summed E-state index contributed by atoms with van der Waals surface area (Å²) >= 11 is 6.13. The summed E-state index contributed by atoms with van der Waals surface area (Å²) in [6.07, 6.45) is 1.45. The predicted molar refractivity (Wildman–Crippen MR) is 147 cm³/mol. The van der Waals surface area contributed by atoms with E-state index in [-0.39, 0.29) is 0 Å². The number of rotatable bonds is 9. The van der Waals surface area contributed by atoms with Crippen molar-refractivity contribution in [2.45, 2.75) is 13.5 Å². The van der Waals surface area contributed by atoms with Crippen molar-refractivity contribution >= 4 is 40.2 Å². The summed E-state index contributed by atoms with van der Waals surface area (Å²) in [4.78, 5) is 18.2. The van der Waals surface area contributed by atoms with Crippen LogP contribution in [0.1, 0.15) is 11.1 Å². The van der Waals surface area contributed by atoms with Crippen LogP contribution in [0.2, 0.25) is 5.02 Å². The highest BCUT2D eigenvalue weighted by Crippen LogP contribution is 2.40. The third kappa shape index (κ3) is 4.98. The molecule has 0 saturated carbocycles. The zero-order valence-electron chi connectivity index (χ0n) is 21.3. The number of benzene rings is 3. The van der Waals surface area contributed by atoms with Gasteiger partial charge in [-0.05, 0) is 42.3 Å². The highest BCUT2D eigenvalue weighted by atomic mass is 35.5. The molecule has 0 radical (unpaired) electrons. The van der Waals surface area contributed by atoms with Crippen LogP contribution >= 0.6 is 11.6 Å². The molecule has 2 N–H and O–H groups in total. The average molecular weight is 532 g/mol. The normalized spacial score (nSPS) is 10.9. The second kappa shape index (κ2) is 10.8. The molecule has 5 aromatic rings. The zero-order chi connectivity index (χ0) is 26.6. The first-order valence-corrected chi connectivity index (χ1v) is 12.1. The fourth-order valence-electron chi connectivity index (χ4n) is 4.12. The number of anilines is 3. The summed E-state index contributed by atoms with van der Waals surface area (Å²) in [5.41, 5.74) is 4.51. The lowest BCUT2D eigenvalue weighted by Crippen LogP contribution is -2.11. The molecule has 0 saturated heterocycles. The lowest BCUT2D eigenvalue weighted by Gasteiger charge is -2.15. The number of ether oxygens (including phenoxy) is 3. The van der Waals surface area contributed by atoms with Crippen LogP contribution in [0.3, 0.4) is 0 Å². The van der Waals surface area contributed by atoms with Gasteiger partial charge in [0.05, 0.1) is 32.4 Å². The number of nitrogens with one attached hydrogen (secondary N) is 2. The molecule has 194 valence electrons. The monoisotopic (exact) mass is 531 g/mol. The van der Waals surface area contributed by atoms with Crippen LogP contribution in [0.15, 0.2) is 60.9 Å². The number of fused-ring (bicyclic) bond motifs is 1. The number of methoxy groups -OCH3 is 3. The smallest absolute Gasteiger partial charge is 0.241 e. The summed E-state index contributed by atoms with van der Waals surface area (Å²) in [7, 11) is 4.68. The summed E-state index contributed by atoms with van der Waals surface area (Å²) in [5.74, 6) is 2.85. The van der Waals surface area contributed by atoms with Gasteiger partial charge < -0.3 is 24.8 Å². The number of aryl methyl sites for hydroxylation is 1. The SMILES string of the molecule is COc1cc(Nc2ncnc(-n3c(NCc4ccc(Cl)cc4C)nc4ccccc43)n2)cc(OC)c1OC. The number of hydrogen-bond donors (Lipinski definition) is 2. The van der Waals surface area contributed by atoms with Gasteiger partial charge in [-0.3, -0.25) is 0 Å². The Bertz CT molecular complexity index is 1580. The Labute approximate surface area is 224 Å². The molecular weight excluding hydrogens is 506 g/mol. The van der Waals surface area contributed by atoms with E-state index in [0.29, 0.717) is 52.3 Å². The molecule has 0 bridgehead atoms. The second-order valence-corrected chi connectivity index (χ2v) is 8.77. The largest absolute Gasteiger partial charge is 0.493 e. The van der Waals surface area contributed by atoms with Gasteiger partial charge in [0.1, 0.15) is 6.33 Å². The van der Waals surface area contributed by atoms with Gasteiger partial charge in [0.25, 0.3) is 0 Å². The van der Waals surface area contributed by atoms with E-state index in [1.54, 1.807) is 33.5 Å². The lowest BCUT2D eigenvalue weighted by atomic mass is 10.1. The van der Waals surface area contributed by atoms with Gasteiger partial charge in [0.15, 0.2) is 11.5 Å². The Kier molecular flexibility index (Phi) is 7.14. The molecule has 0 amide bonds. The van der Waals surface area contributed by atoms with E-state index in [4.69, 9.17) is 30.8 Å². The number of hydrogen-bond acceptors (Lipinski definition) is 9. The minimum atomic E-state index is 0.335. The minimum absolute atomic E-state index is 0.335. The third-order valence-electron chi connectivity index (χ3n) is 5.98. The molecule has 0 aliphatic heterocycles. The molecule has 0 spiro atoms. The van der Waals surface area contributed by atoms with Gasteiger partial charge in [-0.2, -0.15) is 4.98 Å². The highest BCUT2D eigenvalue weighted by molar-refractivity contribution is 6.30. The highest BCUT2D eigenvalue weighted by Gasteiger charge is 2.17. The number of nitrogens with zero attached hydrogens (tertiary/aromatic N) is 5. The Hall–Kier alpha value is -4.57.